The third kappa shape index (κ3) is 3.65. The Morgan fingerprint density at radius 3 is 2.67 bits per heavy atom. The van der Waals surface area contributed by atoms with Gasteiger partial charge in [0.2, 0.25) is 0 Å². The number of nitrogens with zero attached hydrogens (tertiary/aromatic N) is 1. The van der Waals surface area contributed by atoms with Crippen LogP contribution in [0.4, 0.5) is 0 Å². The molecule has 88 valence electrons. The minimum atomic E-state index is 0.796. The highest BCUT2D eigenvalue weighted by Gasteiger charge is 2.23. The highest BCUT2D eigenvalue weighted by atomic mass is 32.2. The van der Waals surface area contributed by atoms with E-state index in [1.807, 2.05) is 0 Å². The fourth-order valence-electron chi connectivity index (χ4n) is 2.56. The number of likely N-dealkylation sites (tertiary alicyclic amines) is 1. The average molecular weight is 228 g/mol. The summed E-state index contributed by atoms with van der Waals surface area (Å²) in [6.45, 7) is 6.19. The molecule has 0 aromatic carbocycles. The fraction of sp³-hybridized carbons (Fsp3) is 1.00. The van der Waals surface area contributed by atoms with E-state index in [2.05, 4.69) is 35.9 Å². The Bertz CT molecular complexity index is 190. The van der Waals surface area contributed by atoms with Crippen LogP contribution in [0.1, 0.15) is 26.2 Å². The summed E-state index contributed by atoms with van der Waals surface area (Å²) >= 11 is 2.12. The van der Waals surface area contributed by atoms with Crippen LogP contribution < -0.4 is 5.32 Å². The van der Waals surface area contributed by atoms with Crippen LogP contribution in [-0.4, -0.2) is 48.6 Å². The van der Waals surface area contributed by atoms with E-state index in [0.717, 1.165) is 17.2 Å². The van der Waals surface area contributed by atoms with Crippen molar-refractivity contribution >= 4 is 11.8 Å². The summed E-state index contributed by atoms with van der Waals surface area (Å²) in [6.07, 6.45) is 4.15. The van der Waals surface area contributed by atoms with E-state index in [-0.39, 0.29) is 0 Å². The van der Waals surface area contributed by atoms with Crippen molar-refractivity contribution in [2.24, 2.45) is 5.92 Å². The van der Waals surface area contributed by atoms with Crippen LogP contribution in [0.5, 0.6) is 0 Å². The lowest BCUT2D eigenvalue weighted by atomic mass is 9.97. The van der Waals surface area contributed by atoms with Crippen LogP contribution >= 0.6 is 11.8 Å². The topological polar surface area (TPSA) is 15.3 Å². The number of nitrogens with one attached hydrogen (secondary N) is 1. The normalized spacial score (nSPS) is 34.8. The van der Waals surface area contributed by atoms with Crippen molar-refractivity contribution in [3.05, 3.63) is 0 Å². The summed E-state index contributed by atoms with van der Waals surface area (Å²) in [5, 5.41) is 4.63. The summed E-state index contributed by atoms with van der Waals surface area (Å²) in [5.74, 6) is 2.26. The lowest BCUT2D eigenvalue weighted by molar-refractivity contribution is 0.213. The maximum atomic E-state index is 3.76. The zero-order valence-corrected chi connectivity index (χ0v) is 10.9. The summed E-state index contributed by atoms with van der Waals surface area (Å²) in [6, 6.07) is 0.796. The Hall–Kier alpha value is 0.270. The van der Waals surface area contributed by atoms with Gasteiger partial charge in [-0.2, -0.15) is 11.8 Å². The van der Waals surface area contributed by atoms with E-state index in [1.165, 1.54) is 44.6 Å². The first-order chi connectivity index (χ1) is 7.24. The first-order valence-corrected chi connectivity index (χ1v) is 7.32. The van der Waals surface area contributed by atoms with Crippen molar-refractivity contribution < 1.29 is 0 Å². The summed E-state index contributed by atoms with van der Waals surface area (Å²) in [7, 11) is 2.24. The van der Waals surface area contributed by atoms with Gasteiger partial charge in [-0.15, -0.1) is 0 Å². The second kappa shape index (κ2) is 5.55. The molecule has 1 N–H and O–H groups in total. The van der Waals surface area contributed by atoms with E-state index in [0.29, 0.717) is 0 Å². The summed E-state index contributed by atoms with van der Waals surface area (Å²) in [5.41, 5.74) is 0. The van der Waals surface area contributed by atoms with Crippen molar-refractivity contribution in [1.82, 2.24) is 10.2 Å². The maximum Gasteiger partial charge on any atom is 0.0168 e. The first-order valence-electron chi connectivity index (χ1n) is 6.27. The summed E-state index contributed by atoms with van der Waals surface area (Å²) < 4.78 is 0. The Balaban J connectivity index is 1.61. The second-order valence-electron chi connectivity index (χ2n) is 5.23. The predicted octanol–water partition coefficient (Wildman–Crippen LogP) is 1.81. The molecule has 2 rings (SSSR count). The van der Waals surface area contributed by atoms with E-state index >= 15 is 0 Å². The number of rotatable bonds is 3. The van der Waals surface area contributed by atoms with Gasteiger partial charge in [-0.25, -0.2) is 0 Å². The van der Waals surface area contributed by atoms with E-state index in [9.17, 15) is 0 Å². The second-order valence-corrected chi connectivity index (χ2v) is 6.70. The van der Waals surface area contributed by atoms with Gasteiger partial charge in [0.25, 0.3) is 0 Å². The van der Waals surface area contributed by atoms with Crippen LogP contribution in [0, 0.1) is 5.92 Å². The van der Waals surface area contributed by atoms with Crippen molar-refractivity contribution in [2.45, 2.75) is 37.5 Å². The molecule has 2 heterocycles. The molecule has 2 aliphatic rings. The Morgan fingerprint density at radius 1 is 1.33 bits per heavy atom. The monoisotopic (exact) mass is 228 g/mol. The minimum Gasteiger partial charge on any atom is -0.313 e. The van der Waals surface area contributed by atoms with Crippen molar-refractivity contribution in [1.29, 1.82) is 0 Å². The highest BCUT2D eigenvalue weighted by molar-refractivity contribution is 8.00. The molecular formula is C12H24N2S. The van der Waals surface area contributed by atoms with Gasteiger partial charge < -0.3 is 10.2 Å². The number of thioether (sulfide) groups is 1. The molecule has 0 amide bonds. The lowest BCUT2D eigenvalue weighted by Gasteiger charge is -2.29. The molecule has 0 aromatic rings. The minimum absolute atomic E-state index is 0.796. The Morgan fingerprint density at radius 2 is 2.07 bits per heavy atom. The molecule has 2 saturated heterocycles. The molecule has 0 saturated carbocycles. The van der Waals surface area contributed by atoms with Gasteiger partial charge in [-0.1, -0.05) is 6.92 Å². The van der Waals surface area contributed by atoms with Gasteiger partial charge in [0.1, 0.15) is 0 Å². The third-order valence-corrected chi connectivity index (χ3v) is 5.09. The first kappa shape index (κ1) is 11.7. The highest BCUT2D eigenvalue weighted by Crippen LogP contribution is 2.26. The number of piperidine rings is 1. The molecule has 2 unspecified atom stereocenters. The van der Waals surface area contributed by atoms with Gasteiger partial charge in [-0.3, -0.25) is 0 Å². The molecule has 0 bridgehead atoms. The Labute approximate surface area is 98.2 Å². The van der Waals surface area contributed by atoms with Crippen molar-refractivity contribution in [3.63, 3.8) is 0 Å². The number of hydrogen-bond donors (Lipinski definition) is 1. The molecule has 2 aliphatic heterocycles. The largest absolute Gasteiger partial charge is 0.313 e. The fourth-order valence-corrected chi connectivity index (χ4v) is 3.74. The molecule has 2 atom stereocenters. The van der Waals surface area contributed by atoms with Crippen LogP contribution in [0.2, 0.25) is 0 Å². The molecule has 2 fully saturated rings. The van der Waals surface area contributed by atoms with E-state index in [1.54, 1.807) is 0 Å². The van der Waals surface area contributed by atoms with Crippen molar-refractivity contribution in [3.8, 4) is 0 Å². The number of hydrogen-bond acceptors (Lipinski definition) is 3. The van der Waals surface area contributed by atoms with Crippen LogP contribution in [0.15, 0.2) is 0 Å². The maximum absolute atomic E-state index is 3.76. The van der Waals surface area contributed by atoms with E-state index < -0.39 is 0 Å². The van der Waals surface area contributed by atoms with Crippen LogP contribution in [0.3, 0.4) is 0 Å². The molecule has 0 radical (unpaired) electrons. The quantitative estimate of drug-likeness (QED) is 0.793. The predicted molar refractivity (Wildman–Crippen MR) is 68.5 cm³/mol. The molecule has 0 aliphatic carbocycles. The van der Waals surface area contributed by atoms with Crippen LogP contribution in [0.25, 0.3) is 0 Å². The molecule has 15 heavy (non-hydrogen) atoms. The van der Waals surface area contributed by atoms with Crippen molar-refractivity contribution in [2.75, 3.05) is 32.4 Å². The zero-order valence-electron chi connectivity index (χ0n) is 10.0. The Kier molecular flexibility index (Phi) is 4.35. The summed E-state index contributed by atoms with van der Waals surface area (Å²) in [4.78, 5) is 2.45. The van der Waals surface area contributed by atoms with Crippen LogP contribution in [-0.2, 0) is 0 Å². The van der Waals surface area contributed by atoms with Gasteiger partial charge in [-0.05, 0) is 51.9 Å². The van der Waals surface area contributed by atoms with Gasteiger partial charge in [0.05, 0.1) is 0 Å². The lowest BCUT2D eigenvalue weighted by Crippen LogP contribution is -2.38. The van der Waals surface area contributed by atoms with E-state index in [4.69, 9.17) is 0 Å². The molecule has 0 spiro atoms. The van der Waals surface area contributed by atoms with Gasteiger partial charge >= 0.3 is 0 Å². The SMILES string of the molecule is CC1CC(NCC2CCN(C)CC2)CS1. The third-order valence-electron chi connectivity index (χ3n) is 3.73. The van der Waals surface area contributed by atoms with Gasteiger partial charge in [0, 0.05) is 17.0 Å². The molecule has 2 nitrogen and oxygen atoms in total. The standard InChI is InChI=1S/C12H24N2S/c1-10-7-12(9-15-10)13-8-11-3-5-14(2)6-4-11/h10-13H,3-9H2,1-2H3. The molecule has 3 heteroatoms. The molecule has 0 aromatic heterocycles. The molecular weight excluding hydrogens is 204 g/mol. The average Bonchev–Trinajstić information content (AvgIpc) is 2.64. The zero-order chi connectivity index (χ0) is 10.7. The smallest absolute Gasteiger partial charge is 0.0168 e. The van der Waals surface area contributed by atoms with Gasteiger partial charge in [0.15, 0.2) is 0 Å².